The van der Waals surface area contributed by atoms with Gasteiger partial charge in [0.15, 0.2) is 0 Å². The molecule has 4 nitrogen and oxygen atoms in total. The van der Waals surface area contributed by atoms with E-state index in [1.54, 1.807) is 0 Å². The third-order valence-corrected chi connectivity index (χ3v) is 5.85. The first-order chi connectivity index (χ1) is 18.8. The van der Waals surface area contributed by atoms with Crippen LogP contribution in [0.25, 0.3) is 0 Å². The van der Waals surface area contributed by atoms with Crippen LogP contribution in [0.4, 0.5) is 105 Å². The highest BCUT2D eigenvalue weighted by Gasteiger charge is 2.80. The lowest BCUT2D eigenvalue weighted by Gasteiger charge is -2.58. The van der Waals surface area contributed by atoms with Gasteiger partial charge in [0.1, 0.15) is 0 Å². The van der Waals surface area contributed by atoms with E-state index in [2.05, 4.69) is 18.6 Å². The molecule has 0 aromatic rings. The molecule has 0 amide bonds. The summed E-state index contributed by atoms with van der Waals surface area (Å²) >= 11 is 0. The molecule has 272 valence electrons. The van der Waals surface area contributed by atoms with Gasteiger partial charge in [0.2, 0.25) is 22.4 Å². The molecule has 0 aliphatic heterocycles. The highest BCUT2D eigenvalue weighted by Crippen LogP contribution is 2.57. The zero-order chi connectivity index (χ0) is 37.3. The Hall–Kier alpha value is -1.78. The summed E-state index contributed by atoms with van der Waals surface area (Å²) in [4.78, 5) is 0. The average Bonchev–Trinajstić information content (AvgIpc) is 2.66. The third kappa shape index (κ3) is 7.70. The normalized spacial score (nSPS) is 16.8. The van der Waals surface area contributed by atoms with E-state index in [9.17, 15) is 105 Å². The molecule has 0 saturated heterocycles. The van der Waals surface area contributed by atoms with Crippen molar-refractivity contribution in [3.8, 4) is 0 Å². The van der Waals surface area contributed by atoms with Crippen LogP contribution in [0.3, 0.4) is 0 Å². The number of halogens is 24. The van der Waals surface area contributed by atoms with Crippen LogP contribution in [0.5, 0.6) is 0 Å². The molecule has 0 saturated carbocycles. The molecule has 0 fully saturated rings. The molecule has 0 aliphatic rings. The van der Waals surface area contributed by atoms with E-state index in [4.69, 9.17) is 0 Å². The Morgan fingerprint density at radius 2 is 0.333 bits per heavy atom. The molecule has 45 heavy (non-hydrogen) atoms. The highest BCUT2D eigenvalue weighted by molar-refractivity contribution is 6.54. The summed E-state index contributed by atoms with van der Waals surface area (Å²) in [5, 5.41) is 0. The maximum Gasteiger partial charge on any atom is 0.534 e. The van der Waals surface area contributed by atoms with E-state index in [1.807, 2.05) is 0 Å². The maximum atomic E-state index is 13.5. The zero-order valence-electron chi connectivity index (χ0n) is 21.3. The second-order valence-electron chi connectivity index (χ2n) is 9.16. The standard InChI is InChI=1S/C16H12BF24O4/c1-5(9(18,19)20,10(21,22)23)42-17(43-6(2,11(24,25)26)12(27,28)29,44-7(3,13(30,31)32)14(33,34)35)45-8(4,15(36,37)38)16(39,40)41/h1-4H3/q-1. The minimum atomic E-state index is -8.71. The number of hydrogen-bond donors (Lipinski definition) is 0. The Kier molecular flexibility index (Phi) is 10.7. The smallest absolute Gasteiger partial charge is 0.501 e. The van der Waals surface area contributed by atoms with Gasteiger partial charge < -0.3 is 18.6 Å². The lowest BCUT2D eigenvalue weighted by molar-refractivity contribution is -0.425. The van der Waals surface area contributed by atoms with Gasteiger partial charge >= 0.3 is 56.4 Å². The molecular formula is C16H12BF24O4-. The Labute approximate surface area is 231 Å². The van der Waals surface area contributed by atoms with Gasteiger partial charge in [-0.2, -0.15) is 105 Å². The first-order valence-electron chi connectivity index (χ1n) is 10.3. The second-order valence-corrected chi connectivity index (χ2v) is 9.16. The van der Waals surface area contributed by atoms with E-state index in [1.165, 1.54) is 0 Å². The monoisotopic (exact) mass is 735 g/mol. The van der Waals surface area contributed by atoms with Gasteiger partial charge in [0.05, 0.1) is 0 Å². The van der Waals surface area contributed by atoms with Gasteiger partial charge in [0, 0.05) is 0 Å². The van der Waals surface area contributed by atoms with Crippen LogP contribution in [0, 0.1) is 0 Å². The molecule has 0 spiro atoms. The SMILES string of the molecule is CC(O[B-](OC(C)(C(F)(F)F)C(F)(F)F)(OC(C)(C(F)(F)F)C(F)(F)F)OC(C)(C(F)(F)F)C(F)(F)F)(C(F)(F)F)C(F)(F)F. The van der Waals surface area contributed by atoms with Crippen LogP contribution in [0.1, 0.15) is 27.7 Å². The molecule has 0 atom stereocenters. The summed E-state index contributed by atoms with van der Waals surface area (Å²) in [6.07, 6.45) is -60.9. The molecule has 0 unspecified atom stereocenters. The van der Waals surface area contributed by atoms with Gasteiger partial charge in [-0.25, -0.2) is 0 Å². The highest BCUT2D eigenvalue weighted by atomic mass is 19.4. The van der Waals surface area contributed by atoms with Crippen LogP contribution in [-0.2, 0) is 18.6 Å². The summed E-state index contributed by atoms with van der Waals surface area (Å²) in [7, 11) is 0. The quantitative estimate of drug-likeness (QED) is 0.184. The summed E-state index contributed by atoms with van der Waals surface area (Å²) in [6.45, 7) is -15.6. The Balaban J connectivity index is 8.86. The van der Waals surface area contributed by atoms with Crippen molar-refractivity contribution in [2.75, 3.05) is 0 Å². The number of alkyl halides is 24. The fraction of sp³-hybridized carbons (Fsp3) is 1.00. The Morgan fingerprint density at radius 1 is 0.244 bits per heavy atom. The number of rotatable bonds is 8. The van der Waals surface area contributed by atoms with Crippen molar-refractivity contribution in [2.45, 2.75) is 99.5 Å². The summed E-state index contributed by atoms with van der Waals surface area (Å²) in [5.41, 5.74) is -27.7. The Bertz CT molecular complexity index is 800. The van der Waals surface area contributed by atoms with Crippen molar-refractivity contribution >= 4 is 6.96 Å². The van der Waals surface area contributed by atoms with E-state index in [-0.39, 0.29) is 0 Å². The Morgan fingerprint density at radius 3 is 0.400 bits per heavy atom. The first kappa shape index (κ1) is 43.2. The van der Waals surface area contributed by atoms with Crippen molar-refractivity contribution < 1.29 is 124 Å². The van der Waals surface area contributed by atoms with E-state index < -0.39 is 106 Å². The van der Waals surface area contributed by atoms with Crippen molar-refractivity contribution in [1.82, 2.24) is 0 Å². The van der Waals surface area contributed by atoms with Crippen molar-refractivity contribution in [3.05, 3.63) is 0 Å². The molecule has 29 heteroatoms. The zero-order valence-corrected chi connectivity index (χ0v) is 21.3. The minimum absolute atomic E-state index is 1.71. The molecule has 0 aromatic heterocycles. The lowest BCUT2D eigenvalue weighted by atomic mass is 9.88. The predicted octanol–water partition coefficient (Wildman–Crippen LogP) is 9.02. The van der Waals surface area contributed by atoms with Gasteiger partial charge in [-0.05, 0) is 27.7 Å². The van der Waals surface area contributed by atoms with Gasteiger partial charge in [-0.1, -0.05) is 0 Å². The minimum Gasteiger partial charge on any atom is -0.501 e. The van der Waals surface area contributed by atoms with E-state index in [0.29, 0.717) is 0 Å². The van der Waals surface area contributed by atoms with Gasteiger partial charge in [-0.3, -0.25) is 0 Å². The molecule has 0 bridgehead atoms. The predicted molar refractivity (Wildman–Crippen MR) is 92.2 cm³/mol. The molecule has 0 aromatic carbocycles. The van der Waals surface area contributed by atoms with Crippen molar-refractivity contribution in [2.24, 2.45) is 0 Å². The van der Waals surface area contributed by atoms with Crippen LogP contribution in [-0.4, -0.2) is 78.8 Å². The summed E-state index contributed by atoms with van der Waals surface area (Å²) < 4.78 is 334. The van der Waals surface area contributed by atoms with E-state index >= 15 is 0 Å². The molecule has 0 radical (unpaired) electrons. The molecule has 0 rings (SSSR count). The van der Waals surface area contributed by atoms with Crippen LogP contribution in [0.15, 0.2) is 0 Å². The largest absolute Gasteiger partial charge is 0.534 e. The lowest BCUT2D eigenvalue weighted by Crippen LogP contribution is -2.76. The fourth-order valence-electron chi connectivity index (χ4n) is 2.48. The van der Waals surface area contributed by atoms with Crippen molar-refractivity contribution in [1.29, 1.82) is 0 Å². The van der Waals surface area contributed by atoms with Crippen LogP contribution in [0.2, 0.25) is 0 Å². The van der Waals surface area contributed by atoms with Crippen LogP contribution < -0.4 is 0 Å². The topological polar surface area (TPSA) is 36.9 Å². The second kappa shape index (κ2) is 11.1. The number of hydrogen-bond acceptors (Lipinski definition) is 4. The molecule has 0 heterocycles. The summed E-state index contributed by atoms with van der Waals surface area (Å²) in [6, 6.07) is 0. The first-order valence-corrected chi connectivity index (χ1v) is 10.3. The summed E-state index contributed by atoms with van der Waals surface area (Å²) in [5.74, 6) is 0. The van der Waals surface area contributed by atoms with Crippen molar-refractivity contribution in [3.63, 3.8) is 0 Å². The van der Waals surface area contributed by atoms with Gasteiger partial charge in [-0.15, -0.1) is 0 Å². The van der Waals surface area contributed by atoms with Gasteiger partial charge in [0.25, 0.3) is 0 Å². The molecule has 0 aliphatic carbocycles. The molecule has 0 N–H and O–H groups in total. The maximum absolute atomic E-state index is 13.5. The third-order valence-electron chi connectivity index (χ3n) is 5.85. The molecular weight excluding hydrogens is 723 g/mol. The fourth-order valence-corrected chi connectivity index (χ4v) is 2.48. The van der Waals surface area contributed by atoms with E-state index in [0.717, 1.165) is 0 Å². The average molecular weight is 735 g/mol. The van der Waals surface area contributed by atoms with Crippen LogP contribution >= 0.6 is 0 Å².